The van der Waals surface area contributed by atoms with Gasteiger partial charge in [0.1, 0.15) is 12.1 Å². The van der Waals surface area contributed by atoms with Crippen LogP contribution in [0.1, 0.15) is 38.5 Å². The van der Waals surface area contributed by atoms with Crippen LogP contribution in [0.3, 0.4) is 0 Å². The number of carboxylic acids is 4. The van der Waals surface area contributed by atoms with Gasteiger partial charge in [-0.1, -0.05) is 0 Å². The molecule has 0 amide bonds. The molecule has 2 rings (SSSR count). The molecule has 2 unspecified atom stereocenters. The zero-order valence-corrected chi connectivity index (χ0v) is 15.7. The number of nitrogens with zero attached hydrogens (tertiary/aromatic N) is 2. The third-order valence-corrected chi connectivity index (χ3v) is 6.00. The molecule has 2 fully saturated rings. The van der Waals surface area contributed by atoms with Crippen molar-refractivity contribution in [2.75, 3.05) is 26.2 Å². The Morgan fingerprint density at radius 1 is 0.643 bits per heavy atom. The van der Waals surface area contributed by atoms with Gasteiger partial charge in [-0.3, -0.25) is 29.0 Å². The Kier molecular flexibility index (Phi) is 7.76. The summed E-state index contributed by atoms with van der Waals surface area (Å²) in [6, 6.07) is -2.01. The molecule has 2 heterocycles. The van der Waals surface area contributed by atoms with E-state index >= 15 is 0 Å². The first-order valence-corrected chi connectivity index (χ1v) is 9.56. The van der Waals surface area contributed by atoms with Crippen LogP contribution in [0, 0.1) is 11.8 Å². The van der Waals surface area contributed by atoms with Crippen molar-refractivity contribution in [3.8, 4) is 0 Å². The van der Waals surface area contributed by atoms with Gasteiger partial charge in [0.15, 0.2) is 0 Å². The molecule has 10 heteroatoms. The Bertz CT molecular complexity index is 542. The average Bonchev–Trinajstić information content (AvgIpc) is 2.64. The Hall–Kier alpha value is -2.20. The van der Waals surface area contributed by atoms with Gasteiger partial charge >= 0.3 is 23.9 Å². The molecular formula is C18H28N2O8. The molecule has 158 valence electrons. The molecule has 10 nitrogen and oxygen atoms in total. The van der Waals surface area contributed by atoms with E-state index in [1.807, 2.05) is 0 Å². The SMILES string of the molecule is O=C(O)CC(C(=O)O)N1CCC(C2CCN(C(CC(=O)O)C(=O)O)CC2)CC1. The Morgan fingerprint density at radius 2 is 0.929 bits per heavy atom. The van der Waals surface area contributed by atoms with Crippen LogP contribution in [0.5, 0.6) is 0 Å². The van der Waals surface area contributed by atoms with Gasteiger partial charge in [0, 0.05) is 0 Å². The van der Waals surface area contributed by atoms with Crippen LogP contribution in [0.15, 0.2) is 0 Å². The normalized spacial score (nSPS) is 22.4. The largest absolute Gasteiger partial charge is 0.481 e. The summed E-state index contributed by atoms with van der Waals surface area (Å²) in [7, 11) is 0. The van der Waals surface area contributed by atoms with Crippen LogP contribution in [-0.2, 0) is 19.2 Å². The van der Waals surface area contributed by atoms with E-state index in [1.54, 1.807) is 9.80 Å². The van der Waals surface area contributed by atoms with E-state index < -0.39 is 48.8 Å². The van der Waals surface area contributed by atoms with Crippen molar-refractivity contribution in [2.45, 2.75) is 50.6 Å². The number of rotatable bonds is 9. The van der Waals surface area contributed by atoms with Gasteiger partial charge in [0.2, 0.25) is 0 Å². The molecule has 0 aliphatic carbocycles. The van der Waals surface area contributed by atoms with Gasteiger partial charge in [0.05, 0.1) is 12.8 Å². The summed E-state index contributed by atoms with van der Waals surface area (Å²) in [6.07, 6.45) is 2.30. The highest BCUT2D eigenvalue weighted by Crippen LogP contribution is 2.34. The molecule has 2 aliphatic rings. The molecular weight excluding hydrogens is 372 g/mol. The number of carbonyl (C=O) groups is 4. The van der Waals surface area contributed by atoms with Crippen LogP contribution in [0.4, 0.5) is 0 Å². The zero-order chi connectivity index (χ0) is 20.8. The van der Waals surface area contributed by atoms with Gasteiger partial charge in [0.25, 0.3) is 0 Å². The highest BCUT2D eigenvalue weighted by atomic mass is 16.4. The summed E-state index contributed by atoms with van der Waals surface area (Å²) in [5.41, 5.74) is 0. The summed E-state index contributed by atoms with van der Waals surface area (Å²) in [6.45, 7) is 2.13. The van der Waals surface area contributed by atoms with Crippen LogP contribution in [0.25, 0.3) is 0 Å². The van der Waals surface area contributed by atoms with Gasteiger partial charge in [-0.15, -0.1) is 0 Å². The summed E-state index contributed by atoms with van der Waals surface area (Å²) >= 11 is 0. The van der Waals surface area contributed by atoms with Crippen molar-refractivity contribution >= 4 is 23.9 Å². The second-order valence-corrected chi connectivity index (χ2v) is 7.65. The second-order valence-electron chi connectivity index (χ2n) is 7.65. The number of hydrogen-bond donors (Lipinski definition) is 4. The number of likely N-dealkylation sites (tertiary alicyclic amines) is 2. The molecule has 2 saturated heterocycles. The quantitative estimate of drug-likeness (QED) is 0.423. The van der Waals surface area contributed by atoms with E-state index in [0.717, 1.165) is 25.7 Å². The Balaban J connectivity index is 1.84. The van der Waals surface area contributed by atoms with Crippen molar-refractivity contribution in [3.05, 3.63) is 0 Å². The average molecular weight is 400 g/mol. The van der Waals surface area contributed by atoms with E-state index in [4.69, 9.17) is 10.2 Å². The topological polar surface area (TPSA) is 156 Å². The predicted molar refractivity (Wildman–Crippen MR) is 95.9 cm³/mol. The second kappa shape index (κ2) is 9.83. The third-order valence-electron chi connectivity index (χ3n) is 6.00. The van der Waals surface area contributed by atoms with Gasteiger partial charge in [-0.05, 0) is 63.7 Å². The lowest BCUT2D eigenvalue weighted by molar-refractivity contribution is -0.151. The van der Waals surface area contributed by atoms with E-state index in [1.165, 1.54) is 0 Å². The fourth-order valence-electron chi connectivity index (χ4n) is 4.48. The van der Waals surface area contributed by atoms with Crippen LogP contribution >= 0.6 is 0 Å². The maximum Gasteiger partial charge on any atom is 0.321 e. The van der Waals surface area contributed by atoms with Crippen LogP contribution < -0.4 is 0 Å². The van der Waals surface area contributed by atoms with Crippen molar-refractivity contribution in [3.63, 3.8) is 0 Å². The van der Waals surface area contributed by atoms with Crippen LogP contribution in [-0.4, -0.2) is 92.4 Å². The Morgan fingerprint density at radius 3 is 1.14 bits per heavy atom. The van der Waals surface area contributed by atoms with E-state index in [2.05, 4.69) is 0 Å². The zero-order valence-electron chi connectivity index (χ0n) is 15.7. The minimum atomic E-state index is -1.13. The molecule has 0 aromatic heterocycles. The maximum absolute atomic E-state index is 11.3. The van der Waals surface area contributed by atoms with Crippen molar-refractivity contribution in [2.24, 2.45) is 11.8 Å². The van der Waals surface area contributed by atoms with Gasteiger partial charge in [-0.25, -0.2) is 0 Å². The number of hydrogen-bond acceptors (Lipinski definition) is 6. The standard InChI is InChI=1S/C18H28N2O8/c21-15(22)9-13(17(25)26)19-5-1-11(2-6-19)12-3-7-20(8-4-12)14(18(27)28)10-16(23)24/h11-14H,1-10H2,(H,21,22)(H,23,24)(H,25,26)(H,27,28). The highest BCUT2D eigenvalue weighted by molar-refractivity contribution is 5.81. The summed E-state index contributed by atoms with van der Waals surface area (Å²) in [5.74, 6) is -3.71. The smallest absolute Gasteiger partial charge is 0.321 e. The van der Waals surface area contributed by atoms with Crippen LogP contribution in [0.2, 0.25) is 0 Å². The molecule has 0 saturated carbocycles. The molecule has 2 aliphatic heterocycles. The van der Waals surface area contributed by atoms with Gasteiger partial charge < -0.3 is 20.4 Å². The molecule has 2 atom stereocenters. The van der Waals surface area contributed by atoms with E-state index in [-0.39, 0.29) is 0 Å². The lowest BCUT2D eigenvalue weighted by Crippen LogP contribution is -2.50. The molecule has 0 bridgehead atoms. The molecule has 28 heavy (non-hydrogen) atoms. The molecule has 0 spiro atoms. The van der Waals surface area contributed by atoms with Crippen molar-refractivity contribution < 1.29 is 39.6 Å². The lowest BCUT2D eigenvalue weighted by atomic mass is 9.78. The Labute approximate surface area is 162 Å². The first-order chi connectivity index (χ1) is 13.2. The first-order valence-electron chi connectivity index (χ1n) is 9.56. The third kappa shape index (κ3) is 5.90. The number of aliphatic carboxylic acids is 4. The first kappa shape index (κ1) is 22.1. The van der Waals surface area contributed by atoms with E-state index in [0.29, 0.717) is 38.0 Å². The molecule has 0 aromatic carbocycles. The summed E-state index contributed by atoms with van der Waals surface area (Å²) in [4.78, 5) is 47.9. The minimum Gasteiger partial charge on any atom is -0.481 e. The summed E-state index contributed by atoms with van der Waals surface area (Å²) < 4.78 is 0. The fraction of sp³-hybridized carbons (Fsp3) is 0.778. The monoisotopic (exact) mass is 400 g/mol. The molecule has 4 N–H and O–H groups in total. The maximum atomic E-state index is 11.3. The lowest BCUT2D eigenvalue weighted by Gasteiger charge is -2.42. The van der Waals surface area contributed by atoms with Crippen molar-refractivity contribution in [1.82, 2.24) is 9.80 Å². The van der Waals surface area contributed by atoms with Crippen molar-refractivity contribution in [1.29, 1.82) is 0 Å². The predicted octanol–water partition coefficient (Wildman–Crippen LogP) is 0.266. The fourth-order valence-corrected chi connectivity index (χ4v) is 4.48. The highest BCUT2D eigenvalue weighted by Gasteiger charge is 2.37. The van der Waals surface area contributed by atoms with E-state index in [9.17, 15) is 29.4 Å². The molecule has 0 aromatic rings. The number of carboxylic acid groups (broad SMARTS) is 4. The van der Waals surface area contributed by atoms with Gasteiger partial charge in [-0.2, -0.15) is 0 Å². The minimum absolute atomic E-state index is 0.389. The summed E-state index contributed by atoms with van der Waals surface area (Å²) in [5, 5.41) is 36.4. The number of piperidine rings is 2. The molecule has 0 radical (unpaired) electrons.